The largest absolute Gasteiger partial charge is 0.489 e. The number of amides is 2. The quantitative estimate of drug-likeness (QED) is 0.877. The van der Waals surface area contributed by atoms with E-state index in [-0.39, 0.29) is 18.4 Å². The van der Waals surface area contributed by atoms with Crippen molar-refractivity contribution in [3.05, 3.63) is 54.6 Å². The fourth-order valence-corrected chi connectivity index (χ4v) is 2.63. The van der Waals surface area contributed by atoms with E-state index in [0.29, 0.717) is 35.0 Å². The molecule has 2 amide bonds. The van der Waals surface area contributed by atoms with Gasteiger partial charge < -0.3 is 14.8 Å². The number of para-hydroxylation sites is 2. The summed E-state index contributed by atoms with van der Waals surface area (Å²) in [5, 5.41) is 2.71. The monoisotopic (exact) mass is 309 g/mol. The molecule has 6 heteroatoms. The molecule has 2 heterocycles. The Morgan fingerprint density at radius 1 is 1.09 bits per heavy atom. The second kappa shape index (κ2) is 5.31. The predicted molar refractivity (Wildman–Crippen MR) is 83.6 cm³/mol. The first-order chi connectivity index (χ1) is 11.2. The molecule has 115 valence electrons. The number of nitrogens with one attached hydrogen (secondary N) is 1. The average molecular weight is 309 g/mol. The van der Waals surface area contributed by atoms with Crippen molar-refractivity contribution in [2.24, 2.45) is 0 Å². The zero-order valence-electron chi connectivity index (χ0n) is 12.1. The van der Waals surface area contributed by atoms with Crippen LogP contribution in [0.2, 0.25) is 0 Å². The number of rotatable bonds is 1. The number of ether oxygens (including phenoxy) is 2. The fourth-order valence-electron chi connectivity index (χ4n) is 2.63. The Morgan fingerprint density at radius 2 is 1.96 bits per heavy atom. The Morgan fingerprint density at radius 3 is 2.87 bits per heavy atom. The van der Waals surface area contributed by atoms with Crippen molar-refractivity contribution < 1.29 is 19.1 Å². The molecule has 4 rings (SSSR count). The number of carbonyl (C=O) groups is 2. The van der Waals surface area contributed by atoms with Gasteiger partial charge in [-0.3, -0.25) is 14.5 Å². The lowest BCUT2D eigenvalue weighted by Gasteiger charge is -2.29. The van der Waals surface area contributed by atoms with Crippen LogP contribution < -0.4 is 19.7 Å². The van der Waals surface area contributed by atoms with Crippen LogP contribution in [0.1, 0.15) is 10.4 Å². The summed E-state index contributed by atoms with van der Waals surface area (Å²) < 4.78 is 10.8. The SMILES string of the molecule is O=C1COc2ccc(C(=O)N3[CH]COc4ccccc43)cc2N1. The van der Waals surface area contributed by atoms with Crippen molar-refractivity contribution >= 4 is 23.2 Å². The van der Waals surface area contributed by atoms with Crippen LogP contribution in [0.5, 0.6) is 11.5 Å². The van der Waals surface area contributed by atoms with Gasteiger partial charge in [-0.1, -0.05) is 12.1 Å². The van der Waals surface area contributed by atoms with E-state index in [2.05, 4.69) is 5.32 Å². The standard InChI is InChI=1S/C17H13N2O4/c20-16-10-23-14-6-5-11(9-12(14)18-16)17(21)19-7-8-22-15-4-2-1-3-13(15)19/h1-7,9H,8,10H2,(H,18,20). The fraction of sp³-hybridized carbons (Fsp3) is 0.118. The van der Waals surface area contributed by atoms with Crippen LogP contribution in [0.15, 0.2) is 42.5 Å². The minimum Gasteiger partial charge on any atom is -0.489 e. The van der Waals surface area contributed by atoms with Gasteiger partial charge in [0.05, 0.1) is 17.9 Å². The Balaban J connectivity index is 1.68. The lowest BCUT2D eigenvalue weighted by atomic mass is 10.1. The van der Waals surface area contributed by atoms with Gasteiger partial charge >= 0.3 is 0 Å². The smallest absolute Gasteiger partial charge is 0.262 e. The molecule has 0 aliphatic carbocycles. The van der Waals surface area contributed by atoms with E-state index in [9.17, 15) is 9.59 Å². The van der Waals surface area contributed by atoms with Crippen LogP contribution in [0.3, 0.4) is 0 Å². The summed E-state index contributed by atoms with van der Waals surface area (Å²) in [5.41, 5.74) is 1.66. The third-order valence-electron chi connectivity index (χ3n) is 3.70. The molecule has 0 bridgehead atoms. The molecule has 0 saturated heterocycles. The first kappa shape index (κ1) is 13.6. The molecule has 2 aromatic carbocycles. The molecule has 6 nitrogen and oxygen atoms in total. The number of benzene rings is 2. The normalized spacial score (nSPS) is 15.7. The molecule has 0 spiro atoms. The van der Waals surface area contributed by atoms with Crippen LogP contribution in [-0.4, -0.2) is 25.0 Å². The lowest BCUT2D eigenvalue weighted by molar-refractivity contribution is -0.118. The van der Waals surface area contributed by atoms with Crippen LogP contribution in [0.4, 0.5) is 11.4 Å². The Hall–Kier alpha value is -3.02. The zero-order valence-corrected chi connectivity index (χ0v) is 12.1. The highest BCUT2D eigenvalue weighted by Crippen LogP contribution is 2.35. The molecule has 2 aromatic rings. The maximum absolute atomic E-state index is 12.8. The topological polar surface area (TPSA) is 67.9 Å². The molecule has 0 aromatic heterocycles. The minimum absolute atomic E-state index is 0.00902. The molecule has 0 atom stereocenters. The first-order valence-electron chi connectivity index (χ1n) is 7.18. The van der Waals surface area contributed by atoms with E-state index in [1.165, 1.54) is 0 Å². The molecular weight excluding hydrogens is 296 g/mol. The predicted octanol–water partition coefficient (Wildman–Crippen LogP) is 2.22. The maximum atomic E-state index is 12.8. The Labute approximate surface area is 132 Å². The Kier molecular flexibility index (Phi) is 3.15. The van der Waals surface area contributed by atoms with E-state index in [0.717, 1.165) is 0 Å². The highest BCUT2D eigenvalue weighted by Gasteiger charge is 2.26. The van der Waals surface area contributed by atoms with E-state index in [1.54, 1.807) is 29.6 Å². The summed E-state index contributed by atoms with van der Waals surface area (Å²) >= 11 is 0. The number of anilines is 2. The molecular formula is C17H13N2O4. The van der Waals surface area contributed by atoms with E-state index in [1.807, 2.05) is 24.3 Å². The summed E-state index contributed by atoms with van der Waals surface area (Å²) in [6.45, 7) is 2.01. The molecule has 2 aliphatic heterocycles. The van der Waals surface area contributed by atoms with Crippen molar-refractivity contribution in [2.45, 2.75) is 0 Å². The minimum atomic E-state index is -0.231. The van der Waals surface area contributed by atoms with Gasteiger partial charge in [0, 0.05) is 5.56 Å². The van der Waals surface area contributed by atoms with Crippen molar-refractivity contribution in [1.29, 1.82) is 0 Å². The van der Waals surface area contributed by atoms with Crippen LogP contribution in [0, 0.1) is 6.54 Å². The number of fused-ring (bicyclic) bond motifs is 2. The van der Waals surface area contributed by atoms with Crippen molar-refractivity contribution in [3.8, 4) is 11.5 Å². The highest BCUT2D eigenvalue weighted by molar-refractivity contribution is 6.09. The molecule has 0 fully saturated rings. The van der Waals surface area contributed by atoms with Gasteiger partial charge in [-0.15, -0.1) is 0 Å². The zero-order chi connectivity index (χ0) is 15.8. The molecule has 0 saturated carbocycles. The van der Waals surface area contributed by atoms with Gasteiger partial charge in [-0.2, -0.15) is 0 Å². The molecule has 0 unspecified atom stereocenters. The highest BCUT2D eigenvalue weighted by atomic mass is 16.5. The summed E-state index contributed by atoms with van der Waals surface area (Å²) in [5.74, 6) is 0.805. The maximum Gasteiger partial charge on any atom is 0.262 e. The second-order valence-electron chi connectivity index (χ2n) is 5.18. The third-order valence-corrected chi connectivity index (χ3v) is 3.70. The lowest BCUT2D eigenvalue weighted by Crippen LogP contribution is -2.34. The van der Waals surface area contributed by atoms with E-state index in [4.69, 9.17) is 9.47 Å². The van der Waals surface area contributed by atoms with Crippen LogP contribution in [-0.2, 0) is 4.79 Å². The van der Waals surface area contributed by atoms with E-state index >= 15 is 0 Å². The van der Waals surface area contributed by atoms with Crippen molar-refractivity contribution in [1.82, 2.24) is 0 Å². The third kappa shape index (κ3) is 2.38. The number of carbonyl (C=O) groups excluding carboxylic acids is 2. The van der Waals surface area contributed by atoms with Gasteiger partial charge in [0.25, 0.3) is 11.8 Å². The first-order valence-corrected chi connectivity index (χ1v) is 7.18. The summed E-state index contributed by atoms with van der Waals surface area (Å²) in [6.07, 6.45) is 0. The van der Waals surface area contributed by atoms with Crippen molar-refractivity contribution in [2.75, 3.05) is 23.4 Å². The van der Waals surface area contributed by atoms with Gasteiger partial charge in [0.2, 0.25) is 0 Å². The second-order valence-corrected chi connectivity index (χ2v) is 5.18. The van der Waals surface area contributed by atoms with E-state index < -0.39 is 0 Å². The van der Waals surface area contributed by atoms with Gasteiger partial charge in [0.1, 0.15) is 18.1 Å². The summed E-state index contributed by atoms with van der Waals surface area (Å²) in [7, 11) is 0. The number of hydrogen-bond donors (Lipinski definition) is 1. The Bertz CT molecular complexity index is 803. The van der Waals surface area contributed by atoms with Crippen molar-refractivity contribution in [3.63, 3.8) is 0 Å². The van der Waals surface area contributed by atoms with Gasteiger partial charge in [0.15, 0.2) is 6.61 Å². The summed E-state index contributed by atoms with van der Waals surface area (Å²) in [4.78, 5) is 25.8. The van der Waals surface area contributed by atoms with Gasteiger partial charge in [-0.05, 0) is 30.3 Å². The van der Waals surface area contributed by atoms with Crippen LogP contribution >= 0.6 is 0 Å². The van der Waals surface area contributed by atoms with Gasteiger partial charge in [-0.25, -0.2) is 0 Å². The average Bonchev–Trinajstić information content (AvgIpc) is 2.60. The van der Waals surface area contributed by atoms with Crippen LogP contribution in [0.25, 0.3) is 0 Å². The molecule has 1 radical (unpaired) electrons. The number of hydrogen-bond acceptors (Lipinski definition) is 4. The number of nitrogens with zero attached hydrogens (tertiary/aromatic N) is 1. The molecule has 2 aliphatic rings. The summed E-state index contributed by atoms with van der Waals surface area (Å²) in [6, 6.07) is 12.4. The molecule has 23 heavy (non-hydrogen) atoms. The molecule has 1 N–H and O–H groups in total.